The number of aromatic nitrogens is 1. The second-order valence-electron chi connectivity index (χ2n) is 4.81. The Morgan fingerprint density at radius 3 is 2.86 bits per heavy atom. The van der Waals surface area contributed by atoms with E-state index in [1.807, 2.05) is 25.1 Å². The summed E-state index contributed by atoms with van der Waals surface area (Å²) in [5.74, 6) is 2.08. The summed E-state index contributed by atoms with van der Waals surface area (Å²) in [6.45, 7) is 2.64. The molecule has 0 fully saturated rings. The van der Waals surface area contributed by atoms with Gasteiger partial charge in [-0.2, -0.15) is 0 Å². The summed E-state index contributed by atoms with van der Waals surface area (Å²) in [7, 11) is 0. The molecule has 112 valence electrons. The van der Waals surface area contributed by atoms with Gasteiger partial charge in [0, 0.05) is 17.7 Å². The summed E-state index contributed by atoms with van der Waals surface area (Å²) in [5.41, 5.74) is 1.78. The van der Waals surface area contributed by atoms with E-state index in [2.05, 4.69) is 4.98 Å². The van der Waals surface area contributed by atoms with Crippen molar-refractivity contribution in [3.8, 4) is 33.6 Å². The summed E-state index contributed by atoms with van der Waals surface area (Å²) in [4.78, 5) is 4.64. The number of nitrogens with zero attached hydrogens (tertiary/aromatic N) is 1. The molecular formula is C16H13NO4S. The van der Waals surface area contributed by atoms with Crippen molar-refractivity contribution in [1.82, 2.24) is 4.98 Å². The van der Waals surface area contributed by atoms with Gasteiger partial charge in [0.05, 0.1) is 16.8 Å². The Balaban J connectivity index is 1.79. The highest BCUT2D eigenvalue weighted by molar-refractivity contribution is 7.21. The highest BCUT2D eigenvalue weighted by atomic mass is 32.1. The molecule has 1 aliphatic rings. The summed E-state index contributed by atoms with van der Waals surface area (Å²) in [6, 6.07) is 9.09. The molecule has 4 rings (SSSR count). The molecule has 2 aromatic carbocycles. The minimum atomic E-state index is 0.132. The number of fused-ring (bicyclic) bond motifs is 2. The first-order valence-corrected chi connectivity index (χ1v) is 7.72. The average Bonchev–Trinajstić information content (AvgIpc) is 3.12. The Morgan fingerprint density at radius 1 is 1.23 bits per heavy atom. The van der Waals surface area contributed by atoms with Crippen LogP contribution in [-0.2, 0) is 0 Å². The van der Waals surface area contributed by atoms with Gasteiger partial charge in [-0.15, -0.1) is 11.3 Å². The third kappa shape index (κ3) is 2.12. The van der Waals surface area contributed by atoms with Gasteiger partial charge in [-0.25, -0.2) is 4.98 Å². The zero-order valence-electron chi connectivity index (χ0n) is 11.8. The Bertz CT molecular complexity index is 818. The molecule has 0 saturated carbocycles. The van der Waals surface area contributed by atoms with Crippen LogP contribution in [0.2, 0.25) is 0 Å². The van der Waals surface area contributed by atoms with E-state index >= 15 is 0 Å². The molecule has 22 heavy (non-hydrogen) atoms. The normalized spacial score (nSPS) is 12.8. The Kier molecular flexibility index (Phi) is 3.04. The lowest BCUT2D eigenvalue weighted by atomic mass is 10.2. The van der Waals surface area contributed by atoms with Crippen molar-refractivity contribution in [2.45, 2.75) is 6.92 Å². The van der Waals surface area contributed by atoms with E-state index < -0.39 is 0 Å². The van der Waals surface area contributed by atoms with Gasteiger partial charge in [0.25, 0.3) is 0 Å². The van der Waals surface area contributed by atoms with Crippen LogP contribution in [0.5, 0.6) is 23.0 Å². The van der Waals surface area contributed by atoms with Gasteiger partial charge in [-0.3, -0.25) is 0 Å². The molecule has 0 atom stereocenters. The zero-order valence-corrected chi connectivity index (χ0v) is 12.6. The molecule has 0 spiro atoms. The lowest BCUT2D eigenvalue weighted by molar-refractivity contribution is 0.174. The maximum absolute atomic E-state index is 9.79. The van der Waals surface area contributed by atoms with E-state index in [4.69, 9.17) is 14.2 Å². The molecule has 1 aliphatic heterocycles. The fraction of sp³-hybridized carbons (Fsp3) is 0.188. The second-order valence-corrected chi connectivity index (χ2v) is 5.84. The van der Waals surface area contributed by atoms with Crippen LogP contribution in [-0.4, -0.2) is 23.5 Å². The van der Waals surface area contributed by atoms with Crippen LogP contribution in [0.4, 0.5) is 0 Å². The SMILES string of the molecule is CCOc1cc(-c2nc3cc4c(cc3s2)OCO4)ccc1O. The molecule has 0 radical (unpaired) electrons. The third-order valence-corrected chi connectivity index (χ3v) is 4.46. The lowest BCUT2D eigenvalue weighted by Crippen LogP contribution is -1.92. The van der Waals surface area contributed by atoms with Crippen LogP contribution >= 0.6 is 11.3 Å². The minimum Gasteiger partial charge on any atom is -0.504 e. The van der Waals surface area contributed by atoms with Gasteiger partial charge in [0.1, 0.15) is 5.01 Å². The number of hydrogen-bond donors (Lipinski definition) is 1. The van der Waals surface area contributed by atoms with Gasteiger partial charge in [0.15, 0.2) is 23.0 Å². The van der Waals surface area contributed by atoms with Gasteiger partial charge in [-0.1, -0.05) is 0 Å². The smallest absolute Gasteiger partial charge is 0.231 e. The average molecular weight is 315 g/mol. The monoisotopic (exact) mass is 315 g/mol. The van der Waals surface area contributed by atoms with Crippen LogP contribution in [0.1, 0.15) is 6.92 Å². The van der Waals surface area contributed by atoms with Gasteiger partial charge in [-0.05, 0) is 25.1 Å². The number of aromatic hydroxyl groups is 1. The number of rotatable bonds is 3. The van der Waals surface area contributed by atoms with Gasteiger partial charge in [0.2, 0.25) is 6.79 Å². The topological polar surface area (TPSA) is 60.8 Å². The summed E-state index contributed by atoms with van der Waals surface area (Å²) in [5, 5.41) is 10.7. The number of phenols is 1. The number of hydrogen-bond acceptors (Lipinski definition) is 6. The first-order chi connectivity index (χ1) is 10.7. The van der Waals surface area contributed by atoms with Gasteiger partial charge >= 0.3 is 0 Å². The van der Waals surface area contributed by atoms with E-state index in [1.54, 1.807) is 23.5 Å². The number of ether oxygens (including phenoxy) is 3. The summed E-state index contributed by atoms with van der Waals surface area (Å²) in [6.07, 6.45) is 0. The predicted molar refractivity (Wildman–Crippen MR) is 84.0 cm³/mol. The molecule has 0 aliphatic carbocycles. The zero-order chi connectivity index (χ0) is 15.1. The fourth-order valence-corrected chi connectivity index (χ4v) is 3.33. The van der Waals surface area contributed by atoms with Gasteiger partial charge < -0.3 is 19.3 Å². The second kappa shape index (κ2) is 5.06. The number of thiazole rings is 1. The molecule has 3 aromatic rings. The maximum atomic E-state index is 9.79. The molecule has 2 heterocycles. The molecule has 1 aromatic heterocycles. The van der Waals surface area contributed by atoms with Crippen molar-refractivity contribution in [1.29, 1.82) is 0 Å². The predicted octanol–water partition coefficient (Wildman–Crippen LogP) is 3.80. The first-order valence-electron chi connectivity index (χ1n) is 6.91. The van der Waals surface area contributed by atoms with Crippen molar-refractivity contribution in [2.75, 3.05) is 13.4 Å². The van der Waals surface area contributed by atoms with E-state index in [0.717, 1.165) is 32.3 Å². The van der Waals surface area contributed by atoms with Crippen molar-refractivity contribution in [2.24, 2.45) is 0 Å². The van der Waals surface area contributed by atoms with Crippen molar-refractivity contribution >= 4 is 21.6 Å². The maximum Gasteiger partial charge on any atom is 0.231 e. The number of benzene rings is 2. The molecule has 5 nitrogen and oxygen atoms in total. The molecular weight excluding hydrogens is 302 g/mol. The molecule has 0 saturated heterocycles. The fourth-order valence-electron chi connectivity index (χ4n) is 2.36. The Morgan fingerprint density at radius 2 is 2.05 bits per heavy atom. The van der Waals surface area contributed by atoms with Crippen LogP contribution in [0.3, 0.4) is 0 Å². The van der Waals surface area contributed by atoms with Crippen LogP contribution in [0.15, 0.2) is 30.3 Å². The molecule has 1 N–H and O–H groups in total. The van der Waals surface area contributed by atoms with E-state index in [-0.39, 0.29) is 12.5 Å². The Labute approximate surface area is 130 Å². The van der Waals surface area contributed by atoms with E-state index in [1.165, 1.54) is 0 Å². The highest BCUT2D eigenvalue weighted by Crippen LogP contribution is 2.41. The standard InChI is InChI=1S/C16H13NO4S/c1-2-19-12-5-9(3-4-11(12)18)16-17-10-6-13-14(21-8-20-13)7-15(10)22-16/h3-7,18H,2,8H2,1H3. The van der Waals surface area contributed by atoms with E-state index in [9.17, 15) is 5.11 Å². The minimum absolute atomic E-state index is 0.132. The largest absolute Gasteiger partial charge is 0.504 e. The van der Waals surface area contributed by atoms with Crippen LogP contribution < -0.4 is 14.2 Å². The lowest BCUT2D eigenvalue weighted by Gasteiger charge is -2.06. The van der Waals surface area contributed by atoms with E-state index in [0.29, 0.717) is 12.4 Å². The molecule has 0 unspecified atom stereocenters. The molecule has 0 amide bonds. The molecule has 6 heteroatoms. The Hall–Kier alpha value is -2.47. The van der Waals surface area contributed by atoms with Crippen LogP contribution in [0.25, 0.3) is 20.8 Å². The first kappa shape index (κ1) is 13.2. The van der Waals surface area contributed by atoms with Crippen molar-refractivity contribution in [3.05, 3.63) is 30.3 Å². The summed E-state index contributed by atoms with van der Waals surface area (Å²) >= 11 is 1.57. The quantitative estimate of drug-likeness (QED) is 0.796. The third-order valence-electron chi connectivity index (χ3n) is 3.39. The van der Waals surface area contributed by atoms with Crippen molar-refractivity contribution in [3.63, 3.8) is 0 Å². The van der Waals surface area contributed by atoms with Crippen molar-refractivity contribution < 1.29 is 19.3 Å². The summed E-state index contributed by atoms with van der Waals surface area (Å²) < 4.78 is 17.2. The molecule has 0 bridgehead atoms. The number of phenolic OH excluding ortho intramolecular Hbond substituents is 1. The highest BCUT2D eigenvalue weighted by Gasteiger charge is 2.17. The van der Waals surface area contributed by atoms with Crippen LogP contribution in [0, 0.1) is 0 Å².